The molecule has 2 N–H and O–H groups in total. The minimum atomic E-state index is -1.66. The number of rotatable bonds is 2. The molecule has 0 saturated heterocycles. The van der Waals surface area contributed by atoms with Crippen LogP contribution in [0.25, 0.3) is 0 Å². The second-order valence-corrected chi connectivity index (χ2v) is 5.96. The fraction of sp³-hybridized carbons (Fsp3) is 0.316. The van der Waals surface area contributed by atoms with Crippen molar-refractivity contribution in [2.24, 2.45) is 17.1 Å². The van der Waals surface area contributed by atoms with Crippen LogP contribution in [0.1, 0.15) is 11.5 Å². The molecule has 1 aromatic rings. The number of ether oxygens (including phenoxy) is 2. The van der Waals surface area contributed by atoms with Crippen LogP contribution in [-0.2, 0) is 4.74 Å². The third-order valence-corrected chi connectivity index (χ3v) is 4.91. The molecule has 2 atom stereocenters. The summed E-state index contributed by atoms with van der Waals surface area (Å²) in [5, 5.41) is 29.4. The van der Waals surface area contributed by atoms with E-state index in [0.29, 0.717) is 24.5 Å². The predicted molar refractivity (Wildman–Crippen MR) is 88.6 cm³/mol. The second kappa shape index (κ2) is 6.32. The Bertz CT molecular complexity index is 881. The number of hydrogen-bond acceptors (Lipinski definition) is 6. The van der Waals surface area contributed by atoms with Crippen LogP contribution in [0.3, 0.4) is 0 Å². The number of nitrogens with two attached hydrogens (primary N) is 1. The summed E-state index contributed by atoms with van der Waals surface area (Å²) in [6, 6.07) is 13.5. The summed E-state index contributed by atoms with van der Waals surface area (Å²) >= 11 is 0. The number of allylic oxidation sites excluding steroid dienone is 2. The molecule has 2 unspecified atom stereocenters. The molecule has 6 heteroatoms. The predicted octanol–water partition coefficient (Wildman–Crippen LogP) is 2.14. The Morgan fingerprint density at radius 2 is 1.96 bits per heavy atom. The molecule has 25 heavy (non-hydrogen) atoms. The summed E-state index contributed by atoms with van der Waals surface area (Å²) in [7, 11) is 1.54. The van der Waals surface area contributed by atoms with E-state index in [-0.39, 0.29) is 17.2 Å². The number of nitriles is 3. The van der Waals surface area contributed by atoms with Crippen molar-refractivity contribution in [3.63, 3.8) is 0 Å². The molecule has 6 nitrogen and oxygen atoms in total. The molecule has 1 aliphatic carbocycles. The van der Waals surface area contributed by atoms with Crippen LogP contribution in [0, 0.1) is 45.3 Å². The van der Waals surface area contributed by atoms with E-state index in [4.69, 9.17) is 15.2 Å². The quantitative estimate of drug-likeness (QED) is 0.887. The number of para-hydroxylation sites is 1. The van der Waals surface area contributed by atoms with Crippen LogP contribution in [-0.4, -0.2) is 20.3 Å². The lowest BCUT2D eigenvalue weighted by Crippen LogP contribution is -2.44. The third-order valence-electron chi connectivity index (χ3n) is 4.91. The van der Waals surface area contributed by atoms with Crippen molar-refractivity contribution < 1.29 is 9.47 Å². The van der Waals surface area contributed by atoms with Crippen LogP contribution >= 0.6 is 0 Å². The summed E-state index contributed by atoms with van der Waals surface area (Å²) in [5.74, 6) is -0.353. The van der Waals surface area contributed by atoms with Gasteiger partial charge in [-0.2, -0.15) is 15.8 Å². The first-order chi connectivity index (χ1) is 12.1. The van der Waals surface area contributed by atoms with Gasteiger partial charge in [-0.05, 0) is 11.6 Å². The molecule has 124 valence electrons. The van der Waals surface area contributed by atoms with Gasteiger partial charge in [-0.15, -0.1) is 0 Å². The van der Waals surface area contributed by atoms with Gasteiger partial charge in [0.05, 0.1) is 43.7 Å². The van der Waals surface area contributed by atoms with Gasteiger partial charge in [0.25, 0.3) is 0 Å². The van der Waals surface area contributed by atoms with Crippen molar-refractivity contribution in [3.05, 3.63) is 52.7 Å². The molecule has 3 rings (SSSR count). The van der Waals surface area contributed by atoms with Crippen molar-refractivity contribution >= 4 is 0 Å². The van der Waals surface area contributed by atoms with Gasteiger partial charge in [0, 0.05) is 17.4 Å². The zero-order chi connectivity index (χ0) is 18.0. The number of benzene rings is 1. The maximum absolute atomic E-state index is 9.91. The molecule has 0 radical (unpaired) electrons. The molecule has 0 saturated carbocycles. The topological polar surface area (TPSA) is 116 Å². The normalized spacial score (nSPS) is 24.2. The lowest BCUT2D eigenvalue weighted by atomic mass is 9.58. The van der Waals surface area contributed by atoms with Crippen molar-refractivity contribution in [1.82, 2.24) is 0 Å². The molecule has 1 heterocycles. The number of nitrogens with zero attached hydrogens (tertiary/aromatic N) is 3. The molecule has 1 aromatic carbocycles. The standard InChI is InChI=1S/C19H16N4O2/c1-24-16-5-3-2-4-13(16)17-15-9-25-7-6-12(15)14(8-20)18(23)19(17,10-21)11-22/h2-6,15,17H,7,9,23H2,1H3. The molecule has 0 spiro atoms. The van der Waals surface area contributed by atoms with E-state index in [1.165, 1.54) is 7.11 Å². The summed E-state index contributed by atoms with van der Waals surface area (Å²) < 4.78 is 11.0. The first-order valence-corrected chi connectivity index (χ1v) is 7.78. The molecule has 0 amide bonds. The molecule has 0 aromatic heterocycles. The summed E-state index contributed by atoms with van der Waals surface area (Å²) in [6.07, 6.45) is 1.81. The van der Waals surface area contributed by atoms with Gasteiger partial charge in [-0.25, -0.2) is 0 Å². The van der Waals surface area contributed by atoms with Gasteiger partial charge in [0.1, 0.15) is 11.8 Å². The average molecular weight is 332 g/mol. The molecule has 0 fully saturated rings. The fourth-order valence-corrected chi connectivity index (χ4v) is 3.75. The highest BCUT2D eigenvalue weighted by molar-refractivity contribution is 5.60. The van der Waals surface area contributed by atoms with E-state index in [2.05, 4.69) is 18.2 Å². The van der Waals surface area contributed by atoms with Gasteiger partial charge in [0.2, 0.25) is 0 Å². The zero-order valence-corrected chi connectivity index (χ0v) is 13.7. The van der Waals surface area contributed by atoms with E-state index >= 15 is 0 Å². The highest BCUT2D eigenvalue weighted by Crippen LogP contribution is 2.55. The van der Waals surface area contributed by atoms with Gasteiger partial charge in [-0.1, -0.05) is 24.3 Å². The monoisotopic (exact) mass is 332 g/mol. The van der Waals surface area contributed by atoms with E-state index in [9.17, 15) is 15.8 Å². The SMILES string of the molecule is COc1ccccc1C1C2COCC=C2C(C#N)=C(N)C1(C#N)C#N. The molecule has 2 aliphatic rings. The van der Waals surface area contributed by atoms with Gasteiger partial charge >= 0.3 is 0 Å². The van der Waals surface area contributed by atoms with Crippen LogP contribution in [0.5, 0.6) is 5.75 Å². The summed E-state index contributed by atoms with van der Waals surface area (Å²) in [5.41, 5.74) is 6.19. The highest BCUT2D eigenvalue weighted by atomic mass is 16.5. The molecule has 1 aliphatic heterocycles. The number of fused-ring (bicyclic) bond motifs is 1. The molecule has 0 bridgehead atoms. The zero-order valence-electron chi connectivity index (χ0n) is 13.7. The second-order valence-electron chi connectivity index (χ2n) is 5.96. The third kappa shape index (κ3) is 2.26. The fourth-order valence-electron chi connectivity index (χ4n) is 3.75. The van der Waals surface area contributed by atoms with Crippen LogP contribution in [0.4, 0.5) is 0 Å². The van der Waals surface area contributed by atoms with Crippen LogP contribution < -0.4 is 10.5 Å². The Hall–Kier alpha value is -3.27. The lowest BCUT2D eigenvalue weighted by Gasteiger charge is -2.43. The molecular weight excluding hydrogens is 316 g/mol. The Morgan fingerprint density at radius 3 is 2.60 bits per heavy atom. The van der Waals surface area contributed by atoms with Gasteiger partial charge in [0.15, 0.2) is 5.41 Å². The minimum Gasteiger partial charge on any atom is -0.496 e. The van der Waals surface area contributed by atoms with Crippen molar-refractivity contribution in [3.8, 4) is 24.0 Å². The maximum Gasteiger partial charge on any atom is 0.191 e. The van der Waals surface area contributed by atoms with E-state index < -0.39 is 11.3 Å². The van der Waals surface area contributed by atoms with Crippen molar-refractivity contribution in [2.45, 2.75) is 5.92 Å². The van der Waals surface area contributed by atoms with E-state index in [1.807, 2.05) is 18.2 Å². The van der Waals surface area contributed by atoms with Gasteiger partial charge in [-0.3, -0.25) is 0 Å². The number of hydrogen-bond donors (Lipinski definition) is 1. The Morgan fingerprint density at radius 1 is 1.24 bits per heavy atom. The number of methoxy groups -OCH3 is 1. The van der Waals surface area contributed by atoms with Crippen LogP contribution in [0.15, 0.2) is 47.2 Å². The highest BCUT2D eigenvalue weighted by Gasteiger charge is 2.54. The van der Waals surface area contributed by atoms with E-state index in [0.717, 1.165) is 5.57 Å². The molecular formula is C19H16N4O2. The van der Waals surface area contributed by atoms with Crippen molar-refractivity contribution in [2.75, 3.05) is 20.3 Å². The maximum atomic E-state index is 9.91. The Balaban J connectivity index is 2.36. The van der Waals surface area contributed by atoms with E-state index in [1.54, 1.807) is 12.1 Å². The summed E-state index contributed by atoms with van der Waals surface area (Å²) in [6.45, 7) is 0.674. The minimum absolute atomic E-state index is 0.000283. The summed E-state index contributed by atoms with van der Waals surface area (Å²) in [4.78, 5) is 0. The van der Waals surface area contributed by atoms with Crippen molar-refractivity contribution in [1.29, 1.82) is 15.8 Å². The Labute approximate surface area is 146 Å². The lowest BCUT2D eigenvalue weighted by molar-refractivity contribution is 0.0973. The first-order valence-electron chi connectivity index (χ1n) is 7.78. The Kier molecular flexibility index (Phi) is 4.19. The van der Waals surface area contributed by atoms with Gasteiger partial charge < -0.3 is 15.2 Å². The first kappa shape index (κ1) is 16.6. The van der Waals surface area contributed by atoms with Crippen LogP contribution in [0.2, 0.25) is 0 Å². The average Bonchev–Trinajstić information content (AvgIpc) is 2.67. The largest absolute Gasteiger partial charge is 0.496 e. The smallest absolute Gasteiger partial charge is 0.191 e.